The standard InChI is InChI=1S/C40H24N6S/c1-2-11-26(12-3-1)45-32-17-7-6-15-29(32)31-23-25(21-22-35(31)45)38-42-39(30-16-10-20-36-37(30)41-24-47-36)44-40(43-38)46-33-18-8-4-13-27(33)28-14-5-9-19-34(28)46/h1-24H. The topological polar surface area (TPSA) is 61.4 Å². The molecule has 6 nitrogen and oxygen atoms in total. The van der Waals surface area contributed by atoms with Gasteiger partial charge >= 0.3 is 0 Å². The lowest BCUT2D eigenvalue weighted by molar-refractivity contribution is 0.954. The lowest BCUT2D eigenvalue weighted by Crippen LogP contribution is -2.06. The van der Waals surface area contributed by atoms with Gasteiger partial charge in [-0.25, -0.2) is 9.97 Å². The van der Waals surface area contributed by atoms with Crippen LogP contribution in [-0.2, 0) is 0 Å². The summed E-state index contributed by atoms with van der Waals surface area (Å²) in [4.78, 5) is 20.2. The first-order chi connectivity index (χ1) is 23.3. The molecular formula is C40H24N6S. The maximum Gasteiger partial charge on any atom is 0.238 e. The molecule has 0 aliphatic heterocycles. The number of hydrogen-bond donors (Lipinski definition) is 0. The number of para-hydroxylation sites is 5. The highest BCUT2D eigenvalue weighted by molar-refractivity contribution is 7.16. The molecule has 10 aromatic rings. The summed E-state index contributed by atoms with van der Waals surface area (Å²) in [5.74, 6) is 1.77. The van der Waals surface area contributed by atoms with E-state index in [1.54, 1.807) is 11.3 Å². The van der Waals surface area contributed by atoms with E-state index in [1.807, 2.05) is 17.6 Å². The molecule has 0 radical (unpaired) electrons. The number of hydrogen-bond acceptors (Lipinski definition) is 5. The molecule has 6 aromatic carbocycles. The molecule has 7 heteroatoms. The fraction of sp³-hybridized carbons (Fsp3) is 0. The molecule has 10 rings (SSSR count). The molecule has 4 aromatic heterocycles. The Morgan fingerprint density at radius 3 is 1.83 bits per heavy atom. The second-order valence-corrected chi connectivity index (χ2v) is 12.5. The summed E-state index contributed by atoms with van der Waals surface area (Å²) < 4.78 is 5.57. The Balaban J connectivity index is 1.27. The van der Waals surface area contributed by atoms with Crippen molar-refractivity contribution in [2.75, 3.05) is 0 Å². The van der Waals surface area contributed by atoms with E-state index in [1.165, 1.54) is 5.39 Å². The number of rotatable bonds is 4. The van der Waals surface area contributed by atoms with Crippen molar-refractivity contribution in [1.82, 2.24) is 29.1 Å². The lowest BCUT2D eigenvalue weighted by Gasteiger charge is -2.11. The molecule has 220 valence electrons. The van der Waals surface area contributed by atoms with Crippen molar-refractivity contribution in [3.8, 4) is 34.4 Å². The van der Waals surface area contributed by atoms with Crippen LogP contribution in [0.15, 0.2) is 145 Å². The molecule has 4 heterocycles. The minimum Gasteiger partial charge on any atom is -0.309 e. The number of aromatic nitrogens is 6. The predicted molar refractivity (Wildman–Crippen MR) is 193 cm³/mol. The van der Waals surface area contributed by atoms with Crippen LogP contribution < -0.4 is 0 Å². The molecule has 0 N–H and O–H groups in total. The zero-order valence-corrected chi connectivity index (χ0v) is 25.8. The quantitative estimate of drug-likeness (QED) is 0.196. The van der Waals surface area contributed by atoms with E-state index in [9.17, 15) is 0 Å². The van der Waals surface area contributed by atoms with Crippen molar-refractivity contribution in [2.45, 2.75) is 0 Å². The van der Waals surface area contributed by atoms with Crippen molar-refractivity contribution in [3.63, 3.8) is 0 Å². The molecule has 0 saturated heterocycles. The smallest absolute Gasteiger partial charge is 0.238 e. The molecule has 0 fully saturated rings. The van der Waals surface area contributed by atoms with E-state index >= 15 is 0 Å². The summed E-state index contributed by atoms with van der Waals surface area (Å²) >= 11 is 1.62. The Bertz CT molecular complexity index is 2760. The minimum absolute atomic E-state index is 0.571. The number of thiazole rings is 1. The van der Waals surface area contributed by atoms with E-state index in [4.69, 9.17) is 19.9 Å². The van der Waals surface area contributed by atoms with E-state index in [0.717, 1.165) is 65.3 Å². The lowest BCUT2D eigenvalue weighted by atomic mass is 10.1. The number of fused-ring (bicyclic) bond motifs is 7. The summed E-state index contributed by atoms with van der Waals surface area (Å²) in [6.45, 7) is 0. The Kier molecular flexibility index (Phi) is 5.64. The molecule has 0 aliphatic carbocycles. The third-order valence-electron chi connectivity index (χ3n) is 8.95. The van der Waals surface area contributed by atoms with Crippen molar-refractivity contribution >= 4 is 65.2 Å². The van der Waals surface area contributed by atoms with Crippen LogP contribution >= 0.6 is 11.3 Å². The highest BCUT2D eigenvalue weighted by atomic mass is 32.1. The van der Waals surface area contributed by atoms with E-state index in [-0.39, 0.29) is 0 Å². The van der Waals surface area contributed by atoms with Gasteiger partial charge in [0.25, 0.3) is 0 Å². The van der Waals surface area contributed by atoms with Crippen LogP contribution in [0.5, 0.6) is 0 Å². The summed E-state index contributed by atoms with van der Waals surface area (Å²) in [7, 11) is 0. The summed E-state index contributed by atoms with van der Waals surface area (Å²) in [6.07, 6.45) is 0. The maximum absolute atomic E-state index is 5.21. The van der Waals surface area contributed by atoms with E-state index in [2.05, 4.69) is 137 Å². The van der Waals surface area contributed by atoms with E-state index in [0.29, 0.717) is 17.6 Å². The average molecular weight is 621 g/mol. The van der Waals surface area contributed by atoms with Gasteiger partial charge in [0.05, 0.1) is 37.8 Å². The molecular weight excluding hydrogens is 597 g/mol. The maximum atomic E-state index is 5.21. The molecule has 0 bridgehead atoms. The van der Waals surface area contributed by atoms with Crippen LogP contribution in [0.2, 0.25) is 0 Å². The average Bonchev–Trinajstić information content (AvgIpc) is 3.84. The highest BCUT2D eigenvalue weighted by Crippen LogP contribution is 2.37. The predicted octanol–water partition coefficient (Wildman–Crippen LogP) is 10.0. The van der Waals surface area contributed by atoms with Gasteiger partial charge in [-0.1, -0.05) is 78.9 Å². The van der Waals surface area contributed by atoms with Gasteiger partial charge in [0.1, 0.15) is 0 Å². The van der Waals surface area contributed by atoms with Crippen molar-refractivity contribution in [3.05, 3.63) is 145 Å². The fourth-order valence-corrected chi connectivity index (χ4v) is 7.59. The molecule has 0 aliphatic rings. The van der Waals surface area contributed by atoms with Crippen LogP contribution in [0.3, 0.4) is 0 Å². The third kappa shape index (κ3) is 3.97. The van der Waals surface area contributed by atoms with Crippen LogP contribution in [0, 0.1) is 0 Å². The molecule has 0 amide bonds. The largest absolute Gasteiger partial charge is 0.309 e. The third-order valence-corrected chi connectivity index (χ3v) is 9.74. The van der Waals surface area contributed by atoms with Gasteiger partial charge in [-0.2, -0.15) is 9.97 Å². The normalized spacial score (nSPS) is 11.8. The first kappa shape index (κ1) is 26.1. The Morgan fingerprint density at radius 1 is 0.468 bits per heavy atom. The highest BCUT2D eigenvalue weighted by Gasteiger charge is 2.20. The molecule has 0 saturated carbocycles. The number of nitrogens with zero attached hydrogens (tertiary/aromatic N) is 6. The zero-order valence-electron chi connectivity index (χ0n) is 24.9. The second kappa shape index (κ2) is 10.2. The Morgan fingerprint density at radius 2 is 1.09 bits per heavy atom. The Hall–Kier alpha value is -6.18. The molecule has 47 heavy (non-hydrogen) atoms. The minimum atomic E-state index is 0.571. The second-order valence-electron chi connectivity index (χ2n) is 11.6. The van der Waals surface area contributed by atoms with Gasteiger partial charge < -0.3 is 4.57 Å². The van der Waals surface area contributed by atoms with Gasteiger partial charge in [0, 0.05) is 38.4 Å². The van der Waals surface area contributed by atoms with Gasteiger partial charge in [0.15, 0.2) is 11.6 Å². The van der Waals surface area contributed by atoms with Crippen LogP contribution in [-0.4, -0.2) is 29.1 Å². The van der Waals surface area contributed by atoms with Crippen LogP contribution in [0.25, 0.3) is 88.2 Å². The van der Waals surface area contributed by atoms with Crippen molar-refractivity contribution in [1.29, 1.82) is 0 Å². The monoisotopic (exact) mass is 620 g/mol. The van der Waals surface area contributed by atoms with Gasteiger partial charge in [0.2, 0.25) is 5.95 Å². The number of benzene rings is 6. The summed E-state index contributed by atoms with van der Waals surface area (Å²) in [5, 5.41) is 4.63. The van der Waals surface area contributed by atoms with Crippen molar-refractivity contribution in [2.24, 2.45) is 0 Å². The van der Waals surface area contributed by atoms with Gasteiger partial charge in [-0.3, -0.25) is 4.57 Å². The first-order valence-electron chi connectivity index (χ1n) is 15.5. The van der Waals surface area contributed by atoms with E-state index < -0.39 is 0 Å². The SMILES string of the molecule is c1ccc(-n2c3ccccc3c3cc(-c4nc(-c5cccc6scnc56)nc(-n5c6ccccc6c6ccccc65)n4)ccc32)cc1. The van der Waals surface area contributed by atoms with Crippen LogP contribution in [0.1, 0.15) is 0 Å². The molecule has 0 unspecified atom stereocenters. The summed E-state index contributed by atoms with van der Waals surface area (Å²) in [5.41, 5.74) is 10.1. The zero-order chi connectivity index (χ0) is 30.9. The fourth-order valence-electron chi connectivity index (χ4n) is 6.89. The molecule has 0 spiro atoms. The Labute approximate surface area is 272 Å². The first-order valence-corrected chi connectivity index (χ1v) is 16.4. The van der Waals surface area contributed by atoms with Crippen molar-refractivity contribution < 1.29 is 0 Å². The molecule has 0 atom stereocenters. The van der Waals surface area contributed by atoms with Gasteiger partial charge in [-0.05, 0) is 60.7 Å². The van der Waals surface area contributed by atoms with Crippen LogP contribution in [0.4, 0.5) is 0 Å². The summed E-state index contributed by atoms with van der Waals surface area (Å²) in [6, 6.07) is 48.6. The van der Waals surface area contributed by atoms with Gasteiger partial charge in [-0.15, -0.1) is 11.3 Å².